The van der Waals surface area contributed by atoms with Gasteiger partial charge in [0.15, 0.2) is 5.01 Å². The fourth-order valence-electron chi connectivity index (χ4n) is 1.98. The van der Waals surface area contributed by atoms with Gasteiger partial charge in [-0.25, -0.2) is 4.98 Å². The molecule has 6 heteroatoms. The second-order valence-corrected chi connectivity index (χ2v) is 6.55. The fourth-order valence-corrected chi connectivity index (χ4v) is 3.78. The summed E-state index contributed by atoms with van der Waals surface area (Å²) in [6.07, 6.45) is 1.95. The van der Waals surface area contributed by atoms with Crippen molar-refractivity contribution in [3.63, 3.8) is 0 Å². The summed E-state index contributed by atoms with van der Waals surface area (Å²) >= 11 is 3.10. The van der Waals surface area contributed by atoms with Crippen molar-refractivity contribution in [2.24, 2.45) is 0 Å². The normalized spacial score (nSPS) is 10.8. The predicted molar refractivity (Wildman–Crippen MR) is 84.0 cm³/mol. The van der Waals surface area contributed by atoms with Crippen molar-refractivity contribution in [3.05, 3.63) is 46.6 Å². The highest BCUT2D eigenvalue weighted by Crippen LogP contribution is 2.33. The van der Waals surface area contributed by atoms with Gasteiger partial charge in [-0.3, -0.25) is 0 Å². The summed E-state index contributed by atoms with van der Waals surface area (Å²) in [5.41, 5.74) is 7.98. The standard InChI is InChI=1S/C14H14N4S2/c1-9-12(13-17-18-14(15)20-13)19-11(16-9)8-7-10-5-3-2-4-6-10/h2-6H,7-8H2,1H3,(H2,15,18). The monoisotopic (exact) mass is 302 g/mol. The summed E-state index contributed by atoms with van der Waals surface area (Å²) in [7, 11) is 0. The van der Waals surface area contributed by atoms with E-state index in [0.717, 1.165) is 33.4 Å². The third-order valence-corrected chi connectivity index (χ3v) is 5.07. The van der Waals surface area contributed by atoms with E-state index >= 15 is 0 Å². The number of thiazole rings is 1. The minimum absolute atomic E-state index is 0.499. The van der Waals surface area contributed by atoms with Crippen molar-refractivity contribution in [2.45, 2.75) is 19.8 Å². The van der Waals surface area contributed by atoms with Gasteiger partial charge in [0.05, 0.1) is 15.6 Å². The first-order valence-corrected chi connectivity index (χ1v) is 7.95. The number of hydrogen-bond donors (Lipinski definition) is 1. The number of aryl methyl sites for hydroxylation is 3. The number of hydrogen-bond acceptors (Lipinski definition) is 6. The van der Waals surface area contributed by atoms with Gasteiger partial charge in [-0.15, -0.1) is 21.5 Å². The molecule has 1 aromatic carbocycles. The molecule has 102 valence electrons. The van der Waals surface area contributed by atoms with Crippen LogP contribution in [0.4, 0.5) is 5.13 Å². The number of anilines is 1. The topological polar surface area (TPSA) is 64.7 Å². The zero-order valence-corrected chi connectivity index (χ0v) is 12.7. The highest BCUT2D eigenvalue weighted by Gasteiger charge is 2.13. The third kappa shape index (κ3) is 2.86. The Balaban J connectivity index is 1.76. The molecule has 2 heterocycles. The smallest absolute Gasteiger partial charge is 0.203 e. The molecular formula is C14H14N4S2. The van der Waals surface area contributed by atoms with Crippen molar-refractivity contribution >= 4 is 27.8 Å². The maximum atomic E-state index is 5.64. The molecule has 0 saturated carbocycles. The van der Waals surface area contributed by atoms with Gasteiger partial charge in [-0.1, -0.05) is 41.7 Å². The molecule has 20 heavy (non-hydrogen) atoms. The number of nitrogens with zero attached hydrogens (tertiary/aromatic N) is 3. The molecule has 4 nitrogen and oxygen atoms in total. The Labute approximate surface area is 125 Å². The Bertz CT molecular complexity index is 703. The number of nitrogen functional groups attached to an aromatic ring is 1. The Morgan fingerprint density at radius 3 is 2.55 bits per heavy atom. The maximum Gasteiger partial charge on any atom is 0.203 e. The quantitative estimate of drug-likeness (QED) is 0.803. The lowest BCUT2D eigenvalue weighted by Crippen LogP contribution is -1.90. The molecule has 0 unspecified atom stereocenters. The van der Waals surface area contributed by atoms with Crippen LogP contribution in [-0.2, 0) is 12.8 Å². The first kappa shape index (κ1) is 13.2. The average molecular weight is 302 g/mol. The molecule has 0 atom stereocenters. The number of rotatable bonds is 4. The van der Waals surface area contributed by atoms with Crippen LogP contribution in [0.15, 0.2) is 30.3 Å². The van der Waals surface area contributed by atoms with Gasteiger partial charge in [0.2, 0.25) is 5.13 Å². The van der Waals surface area contributed by atoms with Crippen LogP contribution in [0, 0.1) is 6.92 Å². The van der Waals surface area contributed by atoms with Crippen molar-refractivity contribution in [3.8, 4) is 9.88 Å². The minimum atomic E-state index is 0.499. The van der Waals surface area contributed by atoms with E-state index in [0.29, 0.717) is 5.13 Å². The molecule has 0 aliphatic carbocycles. The van der Waals surface area contributed by atoms with E-state index in [-0.39, 0.29) is 0 Å². The van der Waals surface area contributed by atoms with E-state index in [2.05, 4.69) is 39.4 Å². The van der Waals surface area contributed by atoms with Crippen molar-refractivity contribution in [1.29, 1.82) is 0 Å². The molecule has 2 aromatic heterocycles. The molecular weight excluding hydrogens is 288 g/mol. The highest BCUT2D eigenvalue weighted by atomic mass is 32.1. The Hall–Kier alpha value is -1.79. The van der Waals surface area contributed by atoms with Crippen molar-refractivity contribution in [1.82, 2.24) is 15.2 Å². The van der Waals surface area contributed by atoms with E-state index in [4.69, 9.17) is 5.73 Å². The van der Waals surface area contributed by atoms with Gasteiger partial charge >= 0.3 is 0 Å². The first-order chi connectivity index (χ1) is 9.72. The Morgan fingerprint density at radius 2 is 1.85 bits per heavy atom. The van der Waals surface area contributed by atoms with Crippen LogP contribution in [0.5, 0.6) is 0 Å². The minimum Gasteiger partial charge on any atom is -0.374 e. The second-order valence-electron chi connectivity index (χ2n) is 4.45. The number of benzene rings is 1. The van der Waals surface area contributed by atoms with E-state index < -0.39 is 0 Å². The van der Waals surface area contributed by atoms with Crippen LogP contribution in [0.2, 0.25) is 0 Å². The summed E-state index contributed by atoms with van der Waals surface area (Å²) in [4.78, 5) is 5.71. The number of aromatic nitrogens is 3. The summed E-state index contributed by atoms with van der Waals surface area (Å²) in [5.74, 6) is 0. The SMILES string of the molecule is Cc1nc(CCc2ccccc2)sc1-c1nnc(N)s1. The molecule has 3 rings (SSSR count). The first-order valence-electron chi connectivity index (χ1n) is 6.32. The van der Waals surface area contributed by atoms with Crippen molar-refractivity contribution < 1.29 is 0 Å². The lowest BCUT2D eigenvalue weighted by atomic mass is 10.1. The molecule has 3 aromatic rings. The van der Waals surface area contributed by atoms with E-state index in [1.165, 1.54) is 16.9 Å². The lowest BCUT2D eigenvalue weighted by Gasteiger charge is -1.97. The summed E-state index contributed by atoms with van der Waals surface area (Å²) < 4.78 is 0. The van der Waals surface area contributed by atoms with Crippen LogP contribution in [0.1, 0.15) is 16.3 Å². The Morgan fingerprint density at radius 1 is 1.05 bits per heavy atom. The molecule has 0 radical (unpaired) electrons. The summed E-state index contributed by atoms with van der Waals surface area (Å²) in [5, 5.41) is 10.5. The molecule has 2 N–H and O–H groups in total. The zero-order valence-electron chi connectivity index (χ0n) is 11.0. The molecule has 0 aliphatic rings. The van der Waals surface area contributed by atoms with Gasteiger partial charge in [0.25, 0.3) is 0 Å². The molecule has 0 bridgehead atoms. The zero-order chi connectivity index (χ0) is 13.9. The molecule has 0 aliphatic heterocycles. The molecule has 0 spiro atoms. The lowest BCUT2D eigenvalue weighted by molar-refractivity contribution is 0.937. The highest BCUT2D eigenvalue weighted by molar-refractivity contribution is 7.23. The molecule has 0 fully saturated rings. The van der Waals surface area contributed by atoms with Crippen LogP contribution in [0.25, 0.3) is 9.88 Å². The van der Waals surface area contributed by atoms with E-state index in [1.54, 1.807) is 11.3 Å². The fraction of sp³-hybridized carbons (Fsp3) is 0.214. The predicted octanol–water partition coefficient (Wildman–Crippen LogP) is 3.34. The molecule has 0 amide bonds. The Kier molecular flexibility index (Phi) is 3.75. The van der Waals surface area contributed by atoms with Crippen LogP contribution >= 0.6 is 22.7 Å². The maximum absolute atomic E-state index is 5.64. The van der Waals surface area contributed by atoms with Gasteiger partial charge in [0, 0.05) is 6.42 Å². The average Bonchev–Trinajstić information content (AvgIpc) is 3.04. The third-order valence-electron chi connectivity index (χ3n) is 2.95. The van der Waals surface area contributed by atoms with Gasteiger partial charge in [-0.05, 0) is 18.9 Å². The van der Waals surface area contributed by atoms with Gasteiger partial charge in [0.1, 0.15) is 0 Å². The summed E-state index contributed by atoms with van der Waals surface area (Å²) in [6, 6.07) is 10.5. The second kappa shape index (κ2) is 5.68. The van der Waals surface area contributed by atoms with Crippen LogP contribution in [-0.4, -0.2) is 15.2 Å². The van der Waals surface area contributed by atoms with Gasteiger partial charge in [-0.2, -0.15) is 0 Å². The van der Waals surface area contributed by atoms with Crippen LogP contribution < -0.4 is 5.73 Å². The van der Waals surface area contributed by atoms with E-state index in [9.17, 15) is 0 Å². The summed E-state index contributed by atoms with van der Waals surface area (Å²) in [6.45, 7) is 2.01. The largest absolute Gasteiger partial charge is 0.374 e. The number of nitrogens with two attached hydrogens (primary N) is 1. The van der Waals surface area contributed by atoms with Gasteiger partial charge < -0.3 is 5.73 Å². The van der Waals surface area contributed by atoms with Crippen LogP contribution in [0.3, 0.4) is 0 Å². The van der Waals surface area contributed by atoms with Crippen molar-refractivity contribution in [2.75, 3.05) is 5.73 Å². The van der Waals surface area contributed by atoms with E-state index in [1.807, 2.05) is 13.0 Å². The molecule has 0 saturated heterocycles.